The average molecular weight is 286 g/mol. The first kappa shape index (κ1) is 18.7. The van der Waals surface area contributed by atoms with Gasteiger partial charge in [-0.05, 0) is 12.0 Å². The van der Waals surface area contributed by atoms with Crippen LogP contribution in [0.1, 0.15) is 34.1 Å². The van der Waals surface area contributed by atoms with Crippen LogP contribution in [-0.4, -0.2) is 36.2 Å². The number of aliphatic hydroxyl groups excluding tert-OH is 2. The molecule has 0 amide bonds. The van der Waals surface area contributed by atoms with Crippen molar-refractivity contribution in [3.05, 3.63) is 23.5 Å². The number of carbonyl (C=O) groups is 1. The number of hydrogen-bond acceptors (Lipinski definition) is 5. The van der Waals surface area contributed by atoms with E-state index in [9.17, 15) is 9.90 Å². The lowest BCUT2D eigenvalue weighted by molar-refractivity contribution is -0.141. The first-order chi connectivity index (χ1) is 9.69. The second-order valence-corrected chi connectivity index (χ2v) is 3.90. The Morgan fingerprint density at radius 3 is 2.50 bits per heavy atom. The van der Waals surface area contributed by atoms with Crippen LogP contribution in [0.5, 0.6) is 0 Å². The van der Waals surface area contributed by atoms with E-state index in [2.05, 4.69) is 4.74 Å². The van der Waals surface area contributed by atoms with Crippen molar-refractivity contribution in [3.8, 4) is 0 Å². The Morgan fingerprint density at radius 1 is 1.40 bits per heavy atom. The molecule has 0 saturated heterocycles. The molecule has 0 fully saturated rings. The van der Waals surface area contributed by atoms with Crippen LogP contribution in [-0.2, 0) is 14.3 Å². The van der Waals surface area contributed by atoms with Crippen molar-refractivity contribution in [1.82, 2.24) is 0 Å². The van der Waals surface area contributed by atoms with Gasteiger partial charge in [-0.15, -0.1) is 0 Å². The smallest absolute Gasteiger partial charge is 0.337 e. The first-order valence-electron chi connectivity index (χ1n) is 7.10. The number of allylic oxidation sites excluding steroid dienone is 1. The van der Waals surface area contributed by atoms with Crippen molar-refractivity contribution in [2.45, 2.75) is 40.4 Å². The van der Waals surface area contributed by atoms with Crippen LogP contribution in [0.3, 0.4) is 0 Å². The molecule has 0 aromatic heterocycles. The number of aliphatic hydroxyl groups is 2. The van der Waals surface area contributed by atoms with E-state index in [1.165, 1.54) is 13.4 Å². The van der Waals surface area contributed by atoms with Crippen LogP contribution in [0.25, 0.3) is 0 Å². The molecule has 0 bridgehead atoms. The highest BCUT2D eigenvalue weighted by atomic mass is 16.6. The topological polar surface area (TPSA) is 76.0 Å². The maximum absolute atomic E-state index is 11.5. The summed E-state index contributed by atoms with van der Waals surface area (Å²) in [5.41, 5.74) is 1.13. The Balaban J connectivity index is 0.000000829. The molecular formula is C15H26O5. The number of rotatable bonds is 2. The standard InChI is InChI=1S/C11H14O5.2C2H6/c1-15-10(13)8-5-16-11(14)9-6(4-12)2-3-7(8)9;2*1-2/h2,5,7,9,11-12,14H,3-4H2,1H3;2*1-2H3. The second kappa shape index (κ2) is 9.55. The molecule has 1 aliphatic carbocycles. The second-order valence-electron chi connectivity index (χ2n) is 3.90. The molecule has 2 rings (SSSR count). The molecule has 0 aromatic carbocycles. The average Bonchev–Trinajstić information content (AvgIpc) is 2.96. The van der Waals surface area contributed by atoms with E-state index in [4.69, 9.17) is 9.84 Å². The molecule has 0 radical (unpaired) electrons. The van der Waals surface area contributed by atoms with Gasteiger partial charge in [-0.2, -0.15) is 0 Å². The summed E-state index contributed by atoms with van der Waals surface area (Å²) in [6, 6.07) is 0. The molecule has 3 unspecified atom stereocenters. The molecule has 5 nitrogen and oxygen atoms in total. The highest BCUT2D eigenvalue weighted by Crippen LogP contribution is 2.42. The molecule has 0 saturated carbocycles. The number of esters is 1. The van der Waals surface area contributed by atoms with Gasteiger partial charge in [0.05, 0.1) is 31.5 Å². The maximum Gasteiger partial charge on any atom is 0.337 e. The van der Waals surface area contributed by atoms with E-state index in [1.807, 2.05) is 33.8 Å². The summed E-state index contributed by atoms with van der Waals surface area (Å²) >= 11 is 0. The number of methoxy groups -OCH3 is 1. The molecule has 0 aromatic rings. The summed E-state index contributed by atoms with van der Waals surface area (Å²) in [5.74, 6) is -0.947. The van der Waals surface area contributed by atoms with Gasteiger partial charge >= 0.3 is 5.97 Å². The summed E-state index contributed by atoms with van der Waals surface area (Å²) in [6.45, 7) is 7.87. The zero-order valence-corrected chi connectivity index (χ0v) is 12.9. The van der Waals surface area contributed by atoms with Crippen LogP contribution in [0.2, 0.25) is 0 Å². The SMILES string of the molecule is CC.CC.COC(=O)C1=COC(O)C2C(CO)=CCC12. The quantitative estimate of drug-likeness (QED) is 0.600. The highest BCUT2D eigenvalue weighted by Gasteiger charge is 2.43. The Morgan fingerprint density at radius 2 is 2.00 bits per heavy atom. The largest absolute Gasteiger partial charge is 0.472 e. The van der Waals surface area contributed by atoms with Crippen molar-refractivity contribution in [1.29, 1.82) is 0 Å². The minimum absolute atomic E-state index is 0.129. The minimum atomic E-state index is -1.00. The van der Waals surface area contributed by atoms with Crippen molar-refractivity contribution in [2.24, 2.45) is 11.8 Å². The molecule has 0 spiro atoms. The number of carbonyl (C=O) groups excluding carboxylic acids is 1. The van der Waals surface area contributed by atoms with E-state index >= 15 is 0 Å². The van der Waals surface area contributed by atoms with Gasteiger partial charge in [-0.1, -0.05) is 33.8 Å². The Bertz CT molecular complexity index is 359. The summed E-state index contributed by atoms with van der Waals surface area (Å²) in [4.78, 5) is 11.5. The molecular weight excluding hydrogens is 260 g/mol. The number of hydrogen-bond donors (Lipinski definition) is 2. The Hall–Kier alpha value is -1.33. The lowest BCUT2D eigenvalue weighted by Gasteiger charge is -2.31. The molecule has 5 heteroatoms. The van der Waals surface area contributed by atoms with E-state index in [1.54, 1.807) is 0 Å². The van der Waals surface area contributed by atoms with Crippen LogP contribution in [0, 0.1) is 11.8 Å². The van der Waals surface area contributed by atoms with Crippen molar-refractivity contribution in [3.63, 3.8) is 0 Å². The fraction of sp³-hybridized carbons (Fsp3) is 0.667. The number of fused-ring (bicyclic) bond motifs is 1. The van der Waals surface area contributed by atoms with Gasteiger partial charge in [0.2, 0.25) is 6.29 Å². The number of ether oxygens (including phenoxy) is 2. The third-order valence-electron chi connectivity index (χ3n) is 3.14. The molecule has 2 N–H and O–H groups in total. The monoisotopic (exact) mass is 286 g/mol. The van der Waals surface area contributed by atoms with Crippen LogP contribution in [0.15, 0.2) is 23.5 Å². The first-order valence-corrected chi connectivity index (χ1v) is 7.10. The van der Waals surface area contributed by atoms with Gasteiger partial charge in [-0.3, -0.25) is 0 Å². The molecule has 2 aliphatic rings. The van der Waals surface area contributed by atoms with Gasteiger partial charge in [0.15, 0.2) is 0 Å². The maximum atomic E-state index is 11.5. The zero-order chi connectivity index (χ0) is 15.7. The van der Waals surface area contributed by atoms with Gasteiger partial charge < -0.3 is 19.7 Å². The summed E-state index contributed by atoms with van der Waals surface area (Å²) < 4.78 is 9.65. The lowest BCUT2D eigenvalue weighted by Crippen LogP contribution is -2.35. The predicted molar refractivity (Wildman–Crippen MR) is 76.7 cm³/mol. The molecule has 20 heavy (non-hydrogen) atoms. The molecule has 3 atom stereocenters. The van der Waals surface area contributed by atoms with Crippen LogP contribution >= 0.6 is 0 Å². The van der Waals surface area contributed by atoms with Crippen molar-refractivity contribution in [2.75, 3.05) is 13.7 Å². The summed E-state index contributed by atoms with van der Waals surface area (Å²) in [5, 5.41) is 18.8. The molecule has 1 heterocycles. The Labute approximate surface area is 120 Å². The fourth-order valence-corrected chi connectivity index (χ4v) is 2.32. The minimum Gasteiger partial charge on any atom is -0.472 e. The highest BCUT2D eigenvalue weighted by molar-refractivity contribution is 5.89. The van der Waals surface area contributed by atoms with E-state index < -0.39 is 12.3 Å². The summed E-state index contributed by atoms with van der Waals surface area (Å²) in [7, 11) is 1.30. The Kier molecular flexibility index (Phi) is 8.92. The normalized spacial score (nSPS) is 26.4. The molecule has 1 aliphatic heterocycles. The zero-order valence-electron chi connectivity index (χ0n) is 12.9. The van der Waals surface area contributed by atoms with E-state index in [0.29, 0.717) is 17.6 Å². The molecule has 116 valence electrons. The van der Waals surface area contributed by atoms with Gasteiger partial charge in [0, 0.05) is 5.92 Å². The van der Waals surface area contributed by atoms with Crippen molar-refractivity contribution < 1.29 is 24.5 Å². The van der Waals surface area contributed by atoms with Crippen LogP contribution in [0.4, 0.5) is 0 Å². The third-order valence-corrected chi connectivity index (χ3v) is 3.14. The fourth-order valence-electron chi connectivity index (χ4n) is 2.32. The van der Waals surface area contributed by atoms with Gasteiger partial charge in [0.25, 0.3) is 0 Å². The van der Waals surface area contributed by atoms with Gasteiger partial charge in [-0.25, -0.2) is 4.79 Å². The predicted octanol–water partition coefficient (Wildman–Crippen LogP) is 2.00. The van der Waals surface area contributed by atoms with Crippen molar-refractivity contribution >= 4 is 5.97 Å². The van der Waals surface area contributed by atoms with E-state index in [-0.39, 0.29) is 18.4 Å². The van der Waals surface area contributed by atoms with Gasteiger partial charge in [0.1, 0.15) is 0 Å². The van der Waals surface area contributed by atoms with E-state index in [0.717, 1.165) is 0 Å². The third kappa shape index (κ3) is 3.84. The summed E-state index contributed by atoms with van der Waals surface area (Å²) in [6.07, 6.45) is 2.71. The van der Waals surface area contributed by atoms with Crippen LogP contribution < -0.4 is 0 Å². The lowest BCUT2D eigenvalue weighted by atomic mass is 9.83.